The Morgan fingerprint density at radius 2 is 2.00 bits per heavy atom. The first-order valence-electron chi connectivity index (χ1n) is 15.8. The second-order valence-corrected chi connectivity index (χ2v) is 15.1. The van der Waals surface area contributed by atoms with Gasteiger partial charge in [0.05, 0.1) is 12.6 Å². The van der Waals surface area contributed by atoms with E-state index >= 15 is 4.39 Å². The molecule has 6 aliphatic rings. The van der Waals surface area contributed by atoms with E-state index in [-0.39, 0.29) is 37.2 Å². The number of anilines is 1. The zero-order chi connectivity index (χ0) is 32.1. The topological polar surface area (TPSA) is 154 Å². The number of halogens is 1. The van der Waals surface area contributed by atoms with Crippen molar-refractivity contribution in [1.29, 1.82) is 5.26 Å². The molecule has 1 aromatic rings. The highest BCUT2D eigenvalue weighted by atomic mass is 19.1. The van der Waals surface area contributed by atoms with E-state index in [1.165, 1.54) is 16.0 Å². The summed E-state index contributed by atoms with van der Waals surface area (Å²) in [6.07, 6.45) is 2.20. The highest BCUT2D eigenvalue weighted by Gasteiger charge is 2.65. The maximum atomic E-state index is 15.3. The van der Waals surface area contributed by atoms with Gasteiger partial charge in [-0.15, -0.1) is 0 Å². The fraction of sp³-hybridized carbons (Fsp3) is 0.688. The predicted molar refractivity (Wildman–Crippen MR) is 156 cm³/mol. The first kappa shape index (κ1) is 29.7. The van der Waals surface area contributed by atoms with Gasteiger partial charge in [0.2, 0.25) is 17.4 Å². The molecule has 2 saturated heterocycles. The average molecular weight is 623 g/mol. The van der Waals surface area contributed by atoms with E-state index in [0.717, 1.165) is 12.8 Å². The summed E-state index contributed by atoms with van der Waals surface area (Å²) in [7, 11) is 0. The van der Waals surface area contributed by atoms with Crippen LogP contribution in [0.2, 0.25) is 0 Å². The zero-order valence-corrected chi connectivity index (χ0v) is 25.9. The predicted octanol–water partition coefficient (Wildman–Crippen LogP) is 2.79. The van der Waals surface area contributed by atoms with E-state index in [0.29, 0.717) is 18.6 Å². The van der Waals surface area contributed by atoms with Crippen LogP contribution < -0.4 is 15.4 Å². The Morgan fingerprint density at radius 1 is 1.24 bits per heavy atom. The quantitative estimate of drug-likeness (QED) is 0.520. The zero-order valence-electron chi connectivity index (χ0n) is 25.9. The van der Waals surface area contributed by atoms with Gasteiger partial charge in [-0.25, -0.2) is 14.2 Å². The molecule has 9 unspecified atom stereocenters. The molecule has 12 nitrogen and oxygen atoms in total. The highest BCUT2D eigenvalue weighted by molar-refractivity contribution is 6.01. The molecule has 3 saturated carbocycles. The highest BCUT2D eigenvalue weighted by Crippen LogP contribution is 2.59. The third-order valence-corrected chi connectivity index (χ3v) is 11.0. The smallest absolute Gasteiger partial charge is 0.408 e. The van der Waals surface area contributed by atoms with Crippen molar-refractivity contribution >= 4 is 29.6 Å². The van der Waals surface area contributed by atoms with Crippen LogP contribution in [-0.2, 0) is 19.1 Å². The number of rotatable bonds is 4. The minimum Gasteiger partial charge on any atom is -0.472 e. The lowest BCUT2D eigenvalue weighted by molar-refractivity contribution is -0.149. The van der Waals surface area contributed by atoms with E-state index in [9.17, 15) is 24.4 Å². The molecular formula is C32H39FN6O6. The van der Waals surface area contributed by atoms with Gasteiger partial charge in [-0.05, 0) is 73.8 Å². The van der Waals surface area contributed by atoms with Crippen molar-refractivity contribution < 1.29 is 33.0 Å². The molecule has 9 atom stereocenters. The van der Waals surface area contributed by atoms with Gasteiger partial charge in [-0.2, -0.15) is 5.26 Å². The summed E-state index contributed by atoms with van der Waals surface area (Å²) < 4.78 is 27.0. The number of nitriles is 1. The van der Waals surface area contributed by atoms with Crippen LogP contribution in [0.25, 0.3) is 0 Å². The number of amides is 4. The van der Waals surface area contributed by atoms with Gasteiger partial charge >= 0.3 is 6.09 Å². The molecule has 1 aromatic heterocycles. The van der Waals surface area contributed by atoms with Crippen molar-refractivity contribution in [2.45, 2.75) is 95.3 Å². The molecular weight excluding hydrogens is 583 g/mol. The lowest BCUT2D eigenvalue weighted by Crippen LogP contribution is -2.60. The number of ether oxygens (including phenoxy) is 2. The number of alkyl carbamates (subject to hydrolysis) is 1. The van der Waals surface area contributed by atoms with Crippen LogP contribution in [0, 0.1) is 40.4 Å². The van der Waals surface area contributed by atoms with E-state index < -0.39 is 76.6 Å². The SMILES string of the molecule is CC1(OC(=O)NC(C(=O)N2CC3C4CC(F)C(C4)C3C2C(=O)N2CC3(CC2C#N)Oc2cccnc2NC3=O)C(C)(C)C)CC1. The molecule has 4 heterocycles. The maximum Gasteiger partial charge on any atom is 0.408 e. The lowest BCUT2D eigenvalue weighted by atomic mass is 9.77. The summed E-state index contributed by atoms with van der Waals surface area (Å²) in [6.45, 7) is 7.35. The standard InChI is InChI=1S/C32H39FN6O6/c1-30(2,3)24(36-29(43)45-31(4)7-8-31)27(41)38-14-19-16-10-18(20(33)11-16)22(19)23(38)26(40)39-15-32(12-17(39)13-34)28(42)37-25-21(44-32)6-5-9-35-25/h5-6,9,16-20,22-24H,7-8,10-12,14-15H2,1-4H3,(H,36,43)(H,35,37,42). The van der Waals surface area contributed by atoms with Crippen LogP contribution in [0.5, 0.6) is 5.75 Å². The molecule has 7 rings (SSSR count). The molecule has 3 aliphatic heterocycles. The van der Waals surface area contributed by atoms with Crippen molar-refractivity contribution in [2.75, 3.05) is 18.4 Å². The maximum absolute atomic E-state index is 15.3. The fourth-order valence-corrected chi connectivity index (χ4v) is 8.39. The summed E-state index contributed by atoms with van der Waals surface area (Å²) in [5.74, 6) is -1.74. The van der Waals surface area contributed by atoms with Gasteiger partial charge in [0, 0.05) is 19.2 Å². The van der Waals surface area contributed by atoms with Crippen LogP contribution in [0.4, 0.5) is 15.0 Å². The van der Waals surface area contributed by atoms with Crippen LogP contribution in [-0.4, -0.2) is 87.2 Å². The molecule has 13 heteroatoms. The van der Waals surface area contributed by atoms with Gasteiger partial charge in [-0.3, -0.25) is 14.4 Å². The Balaban J connectivity index is 1.20. The largest absolute Gasteiger partial charge is 0.472 e. The molecule has 3 aliphatic carbocycles. The van der Waals surface area contributed by atoms with E-state index in [2.05, 4.69) is 21.7 Å². The molecule has 1 spiro atoms. The number of carbonyl (C=O) groups excluding carboxylic acids is 4. The van der Waals surface area contributed by atoms with E-state index in [1.807, 2.05) is 27.7 Å². The third kappa shape index (κ3) is 4.79. The molecule has 5 fully saturated rings. The van der Waals surface area contributed by atoms with Crippen LogP contribution in [0.15, 0.2) is 18.3 Å². The van der Waals surface area contributed by atoms with Crippen molar-refractivity contribution in [3.63, 3.8) is 0 Å². The molecule has 0 aromatic carbocycles. The Hall–Kier alpha value is -3.95. The van der Waals surface area contributed by atoms with Gasteiger partial charge in [-0.1, -0.05) is 20.8 Å². The molecule has 45 heavy (non-hydrogen) atoms. The van der Waals surface area contributed by atoms with Gasteiger partial charge < -0.3 is 29.9 Å². The Morgan fingerprint density at radius 3 is 2.69 bits per heavy atom. The summed E-state index contributed by atoms with van der Waals surface area (Å²) >= 11 is 0. The van der Waals surface area contributed by atoms with Crippen molar-refractivity contribution in [3.05, 3.63) is 18.3 Å². The molecule has 0 radical (unpaired) electrons. The van der Waals surface area contributed by atoms with Gasteiger partial charge in [0.25, 0.3) is 5.91 Å². The monoisotopic (exact) mass is 622 g/mol. The number of nitrogens with zero attached hydrogens (tertiary/aromatic N) is 4. The Labute approximate surface area is 261 Å². The molecule has 2 N–H and O–H groups in total. The Bertz CT molecular complexity index is 1500. The molecule has 240 valence electrons. The number of hydrogen-bond donors (Lipinski definition) is 2. The number of pyridine rings is 1. The summed E-state index contributed by atoms with van der Waals surface area (Å²) in [5, 5.41) is 15.7. The number of fused-ring (bicyclic) bond motifs is 6. The number of carbonyl (C=O) groups is 4. The van der Waals surface area contributed by atoms with Crippen molar-refractivity contribution in [3.8, 4) is 11.8 Å². The Kier molecular flexibility index (Phi) is 6.63. The first-order chi connectivity index (χ1) is 21.2. The van der Waals surface area contributed by atoms with Crippen molar-refractivity contribution in [1.82, 2.24) is 20.1 Å². The van der Waals surface area contributed by atoms with Crippen LogP contribution >= 0.6 is 0 Å². The van der Waals surface area contributed by atoms with Crippen LogP contribution in [0.1, 0.15) is 59.8 Å². The van der Waals surface area contributed by atoms with E-state index in [4.69, 9.17) is 9.47 Å². The normalized spacial score (nSPS) is 36.0. The van der Waals surface area contributed by atoms with Crippen LogP contribution in [0.3, 0.4) is 0 Å². The average Bonchev–Trinajstić information content (AvgIpc) is 3.35. The summed E-state index contributed by atoms with van der Waals surface area (Å²) in [6, 6.07) is 2.40. The number of hydrogen-bond acceptors (Lipinski definition) is 8. The summed E-state index contributed by atoms with van der Waals surface area (Å²) in [5.41, 5.74) is -2.81. The van der Waals surface area contributed by atoms with Gasteiger partial charge in [0.1, 0.15) is 29.9 Å². The number of aromatic nitrogens is 1. The van der Waals surface area contributed by atoms with E-state index in [1.54, 1.807) is 12.1 Å². The number of alkyl halides is 1. The summed E-state index contributed by atoms with van der Waals surface area (Å²) in [4.78, 5) is 62.3. The van der Waals surface area contributed by atoms with Crippen molar-refractivity contribution in [2.24, 2.45) is 29.1 Å². The second kappa shape index (κ2) is 10.0. The fourth-order valence-electron chi connectivity index (χ4n) is 8.39. The molecule has 2 bridgehead atoms. The number of likely N-dealkylation sites (tertiary alicyclic amines) is 2. The van der Waals surface area contributed by atoms with Gasteiger partial charge in [0.15, 0.2) is 11.6 Å². The lowest BCUT2D eigenvalue weighted by Gasteiger charge is -2.39. The number of nitrogens with one attached hydrogen (secondary N) is 2. The minimum atomic E-state index is -1.52. The first-order valence-corrected chi connectivity index (χ1v) is 15.8. The second-order valence-electron chi connectivity index (χ2n) is 15.1. The molecule has 4 amide bonds. The third-order valence-electron chi connectivity index (χ3n) is 11.0. The minimum absolute atomic E-state index is 0.0390.